The number of carbonyl (C=O) groups excluding carboxylic acids is 4. The van der Waals surface area contributed by atoms with Crippen LogP contribution in [-0.4, -0.2) is 58.4 Å². The van der Waals surface area contributed by atoms with Gasteiger partial charge in [-0.05, 0) is 43.9 Å². The fourth-order valence-corrected chi connectivity index (χ4v) is 7.61. The summed E-state index contributed by atoms with van der Waals surface area (Å²) in [5, 5.41) is 20.5. The number of carboxylic acids is 1. The molecule has 0 radical (unpaired) electrons. The molecule has 0 unspecified atom stereocenters. The highest BCUT2D eigenvalue weighted by Crippen LogP contribution is 2.64. The van der Waals surface area contributed by atoms with E-state index < -0.39 is 64.6 Å². The Morgan fingerprint density at radius 3 is 2.41 bits per heavy atom. The van der Waals surface area contributed by atoms with Crippen molar-refractivity contribution in [3.8, 4) is 11.5 Å². The van der Waals surface area contributed by atoms with Crippen LogP contribution in [0.4, 0.5) is 5.69 Å². The third-order valence-electron chi connectivity index (χ3n) is 9.49. The summed E-state index contributed by atoms with van der Waals surface area (Å²) in [7, 11) is 1.42. The van der Waals surface area contributed by atoms with Crippen molar-refractivity contribution in [1.29, 1.82) is 0 Å². The van der Waals surface area contributed by atoms with Crippen LogP contribution in [0.2, 0.25) is 0 Å². The van der Waals surface area contributed by atoms with Crippen LogP contribution in [0.1, 0.15) is 37.7 Å². The number of aromatic hydroxyl groups is 1. The number of phenols is 1. The number of phenolic OH excluding ortho intramolecular Hbond substituents is 1. The van der Waals surface area contributed by atoms with Gasteiger partial charge in [0.2, 0.25) is 23.6 Å². The molecule has 2 aromatic carbocycles. The number of aliphatic carboxylic acids is 1. The molecule has 41 heavy (non-hydrogen) atoms. The number of ether oxygens (including phenoxy) is 1. The fourth-order valence-electron chi connectivity index (χ4n) is 7.61. The van der Waals surface area contributed by atoms with E-state index in [-0.39, 0.29) is 37.3 Å². The van der Waals surface area contributed by atoms with Crippen LogP contribution in [0.25, 0.3) is 0 Å². The summed E-state index contributed by atoms with van der Waals surface area (Å²) in [6, 6.07) is 13.7. The number of allylic oxidation sites excluding steroid dienone is 2. The van der Waals surface area contributed by atoms with Gasteiger partial charge >= 0.3 is 5.97 Å². The zero-order chi connectivity index (χ0) is 29.2. The van der Waals surface area contributed by atoms with E-state index in [0.717, 1.165) is 10.5 Å². The monoisotopic (exact) mass is 558 g/mol. The Morgan fingerprint density at radius 1 is 1.00 bits per heavy atom. The van der Waals surface area contributed by atoms with Crippen LogP contribution in [0.5, 0.6) is 11.5 Å². The van der Waals surface area contributed by atoms with Crippen LogP contribution < -0.4 is 9.64 Å². The zero-order valence-electron chi connectivity index (χ0n) is 22.6. The minimum Gasteiger partial charge on any atom is -0.504 e. The van der Waals surface area contributed by atoms with Crippen molar-refractivity contribution in [3.63, 3.8) is 0 Å². The highest BCUT2D eigenvalue weighted by Gasteiger charge is 2.67. The third-order valence-corrected chi connectivity index (χ3v) is 9.49. The first-order valence-electron chi connectivity index (χ1n) is 13.7. The maximum atomic E-state index is 14.3. The van der Waals surface area contributed by atoms with Crippen molar-refractivity contribution in [3.05, 3.63) is 65.7 Å². The third kappa shape index (κ3) is 3.73. The van der Waals surface area contributed by atoms with Gasteiger partial charge in [-0.25, -0.2) is 4.90 Å². The summed E-state index contributed by atoms with van der Waals surface area (Å²) in [5.41, 5.74) is 0.279. The summed E-state index contributed by atoms with van der Waals surface area (Å²) in [4.78, 5) is 68.8. The SMILES string of the molecule is COc1cccc([C@H]2C3=CC[C@@H]4C(=O)N(CCC(=O)O)C(=O)[C@@H]4[C@@H]3C[C@H]3C(=O)N(c4ccccc4)C(=O)[C@@]23C)c1O. The molecule has 2 aliphatic carbocycles. The molecule has 3 fully saturated rings. The number of carbonyl (C=O) groups is 5. The highest BCUT2D eigenvalue weighted by atomic mass is 16.5. The molecule has 6 rings (SSSR count). The summed E-state index contributed by atoms with van der Waals surface area (Å²) in [6.45, 7) is 1.52. The molecule has 2 heterocycles. The Morgan fingerprint density at radius 2 is 1.73 bits per heavy atom. The molecule has 2 N–H and O–H groups in total. The molecule has 4 aliphatic rings. The normalized spacial score (nSPS) is 30.6. The molecule has 212 valence electrons. The van der Waals surface area contributed by atoms with Gasteiger partial charge in [-0.1, -0.05) is 42.0 Å². The summed E-state index contributed by atoms with van der Waals surface area (Å²) < 4.78 is 5.37. The van der Waals surface area contributed by atoms with Gasteiger partial charge < -0.3 is 14.9 Å². The number of carboxylic acid groups (broad SMARTS) is 1. The topological polar surface area (TPSA) is 142 Å². The van der Waals surface area contributed by atoms with Crippen molar-refractivity contribution in [1.82, 2.24) is 4.90 Å². The maximum Gasteiger partial charge on any atom is 0.305 e. The van der Waals surface area contributed by atoms with E-state index >= 15 is 0 Å². The lowest BCUT2D eigenvalue weighted by Gasteiger charge is -2.49. The lowest BCUT2D eigenvalue weighted by Crippen LogP contribution is -2.48. The molecule has 10 heteroatoms. The summed E-state index contributed by atoms with van der Waals surface area (Å²) in [5.74, 6) is -6.33. The van der Waals surface area contributed by atoms with Gasteiger partial charge in [0.15, 0.2) is 11.5 Å². The lowest BCUT2D eigenvalue weighted by molar-refractivity contribution is -0.142. The molecule has 0 spiro atoms. The van der Waals surface area contributed by atoms with Crippen molar-refractivity contribution >= 4 is 35.3 Å². The second-order valence-corrected chi connectivity index (χ2v) is 11.4. The predicted octanol–water partition coefficient (Wildman–Crippen LogP) is 3.11. The molecule has 4 amide bonds. The van der Waals surface area contributed by atoms with Gasteiger partial charge in [-0.15, -0.1) is 0 Å². The number of imide groups is 2. The molecular weight excluding hydrogens is 528 g/mol. The highest BCUT2D eigenvalue weighted by molar-refractivity contribution is 6.24. The minimum absolute atomic E-state index is 0.154. The molecule has 2 aromatic rings. The molecule has 0 bridgehead atoms. The average Bonchev–Trinajstić information content (AvgIpc) is 3.32. The number of benzene rings is 2. The molecule has 2 saturated heterocycles. The largest absolute Gasteiger partial charge is 0.504 e. The van der Waals surface area contributed by atoms with Crippen molar-refractivity contribution in [2.24, 2.45) is 29.1 Å². The van der Waals surface area contributed by atoms with Crippen LogP contribution in [0.3, 0.4) is 0 Å². The molecule has 2 aliphatic heterocycles. The van der Waals surface area contributed by atoms with Crippen molar-refractivity contribution in [2.45, 2.75) is 32.1 Å². The molecule has 6 atom stereocenters. The second kappa shape index (κ2) is 9.57. The number of nitrogens with zero attached hydrogens (tertiary/aromatic N) is 2. The van der Waals surface area contributed by atoms with Gasteiger partial charge in [0.05, 0.1) is 42.4 Å². The lowest BCUT2D eigenvalue weighted by atomic mass is 9.51. The Hall–Kier alpha value is -4.47. The van der Waals surface area contributed by atoms with Gasteiger partial charge in [-0.2, -0.15) is 0 Å². The second-order valence-electron chi connectivity index (χ2n) is 11.4. The quantitative estimate of drug-likeness (QED) is 0.407. The average molecular weight is 559 g/mol. The number of amides is 4. The number of rotatable bonds is 6. The summed E-state index contributed by atoms with van der Waals surface area (Å²) >= 11 is 0. The smallest absolute Gasteiger partial charge is 0.305 e. The van der Waals surface area contributed by atoms with Crippen LogP contribution >= 0.6 is 0 Å². The van der Waals surface area contributed by atoms with Gasteiger partial charge in [-0.3, -0.25) is 28.9 Å². The number of methoxy groups -OCH3 is 1. The Kier molecular flexibility index (Phi) is 6.24. The standard InChI is InChI=1S/C31H30N2O8/c1-31-21(28(38)33(30(31)40)16-7-4-3-5-8-16)15-20-17(25(31)19-9-6-10-22(41-2)26(19)36)11-12-18-24(20)29(39)32(27(18)37)14-13-23(34)35/h3-11,18,20-21,24-25,36H,12-15H2,1-2H3,(H,34,35)/t18-,20+,21-,24-,25+,31+/m0/s1. The van der Waals surface area contributed by atoms with E-state index in [1.165, 1.54) is 12.0 Å². The number of likely N-dealkylation sites (tertiary alicyclic amines) is 1. The van der Waals surface area contributed by atoms with E-state index in [4.69, 9.17) is 9.84 Å². The van der Waals surface area contributed by atoms with Gasteiger partial charge in [0.1, 0.15) is 0 Å². The van der Waals surface area contributed by atoms with E-state index in [2.05, 4.69) is 0 Å². The van der Waals surface area contributed by atoms with E-state index in [1.54, 1.807) is 55.5 Å². The van der Waals surface area contributed by atoms with Crippen molar-refractivity contribution in [2.75, 3.05) is 18.6 Å². The van der Waals surface area contributed by atoms with Crippen molar-refractivity contribution < 1.29 is 38.9 Å². The Bertz CT molecular complexity index is 1520. The van der Waals surface area contributed by atoms with E-state index in [1.807, 2.05) is 6.08 Å². The number of hydrogen-bond acceptors (Lipinski definition) is 7. The molecule has 10 nitrogen and oxygen atoms in total. The molecule has 1 saturated carbocycles. The fraction of sp³-hybridized carbons (Fsp3) is 0.387. The number of hydrogen-bond donors (Lipinski definition) is 2. The van der Waals surface area contributed by atoms with Gasteiger partial charge in [0.25, 0.3) is 0 Å². The molecular formula is C31H30N2O8. The first-order chi connectivity index (χ1) is 19.6. The number of para-hydroxylation sites is 2. The van der Waals surface area contributed by atoms with E-state index in [0.29, 0.717) is 11.3 Å². The van der Waals surface area contributed by atoms with Crippen LogP contribution in [-0.2, 0) is 24.0 Å². The Labute approximate surface area is 236 Å². The molecule has 0 aromatic heterocycles. The van der Waals surface area contributed by atoms with Gasteiger partial charge in [0, 0.05) is 18.0 Å². The number of fused-ring (bicyclic) bond motifs is 4. The zero-order valence-corrected chi connectivity index (χ0v) is 22.6. The Balaban J connectivity index is 1.50. The predicted molar refractivity (Wildman–Crippen MR) is 145 cm³/mol. The maximum absolute atomic E-state index is 14.3. The first kappa shape index (κ1) is 26.7. The van der Waals surface area contributed by atoms with E-state index in [9.17, 15) is 29.1 Å². The summed E-state index contributed by atoms with van der Waals surface area (Å²) in [6.07, 6.45) is 1.93. The van der Waals surface area contributed by atoms with Crippen LogP contribution in [0.15, 0.2) is 60.2 Å². The minimum atomic E-state index is -1.29. The van der Waals surface area contributed by atoms with Crippen LogP contribution in [0, 0.1) is 29.1 Å². The number of anilines is 1. The first-order valence-corrected chi connectivity index (χ1v) is 13.7.